The summed E-state index contributed by atoms with van der Waals surface area (Å²) in [4.78, 5) is 0. The van der Waals surface area contributed by atoms with E-state index in [0.717, 1.165) is 20.1 Å². The summed E-state index contributed by atoms with van der Waals surface area (Å²) in [5.41, 5.74) is 29.6. The summed E-state index contributed by atoms with van der Waals surface area (Å²) >= 11 is 7.18. The zero-order chi connectivity index (χ0) is 87.2. The number of hydrogen-bond donors (Lipinski definition) is 0. The van der Waals surface area contributed by atoms with Crippen LogP contribution in [-0.4, -0.2) is 27.5 Å². The van der Waals surface area contributed by atoms with E-state index in [9.17, 15) is 0 Å². The fourth-order valence-electron chi connectivity index (χ4n) is 19.9. The van der Waals surface area contributed by atoms with Gasteiger partial charge in [0.05, 0.1) is 33.3 Å². The van der Waals surface area contributed by atoms with E-state index in [-0.39, 0.29) is 18.3 Å². The summed E-state index contributed by atoms with van der Waals surface area (Å²) in [6.45, 7) is 12.7. The van der Waals surface area contributed by atoms with Crippen LogP contribution < -0.4 is 5.46 Å². The van der Waals surface area contributed by atoms with Crippen molar-refractivity contribution in [3.05, 3.63) is 451 Å². The molecule has 1 aliphatic heterocycles. The van der Waals surface area contributed by atoms with Gasteiger partial charge in [0.15, 0.2) is 0 Å². The molecule has 1 saturated heterocycles. The first-order valence-corrected chi connectivity index (χ1v) is 46.0. The molecule has 0 aliphatic carbocycles. The van der Waals surface area contributed by atoms with Gasteiger partial charge in [-0.25, -0.2) is 0 Å². The third-order valence-corrected chi connectivity index (χ3v) is 27.7. The molecule has 23 aromatic rings. The summed E-state index contributed by atoms with van der Waals surface area (Å²) in [6, 6.07) is 157. The molecule has 2 aromatic heterocycles. The molecule has 0 unspecified atom stereocenters. The van der Waals surface area contributed by atoms with Gasteiger partial charge in [-0.05, 0) is 298 Å². The predicted octanol–water partition coefficient (Wildman–Crippen LogP) is 34.0. The van der Waals surface area contributed by atoms with Crippen molar-refractivity contribution < 1.29 is 9.31 Å². The number of hydrogen-bond acceptors (Lipinski definition) is 2. The van der Waals surface area contributed by atoms with Crippen molar-refractivity contribution in [2.24, 2.45) is 0 Å². The van der Waals surface area contributed by atoms with Gasteiger partial charge < -0.3 is 18.4 Å². The Morgan fingerprint density at radius 2 is 0.434 bits per heavy atom. The topological polar surface area (TPSA) is 28.3 Å². The number of aromatic nitrogens is 2. The molecule has 0 saturated carbocycles. The molecule has 7 heteroatoms. The van der Waals surface area contributed by atoms with E-state index < -0.39 is 0 Å². The average Bonchev–Trinajstić information content (AvgIpc) is 1.14. The van der Waals surface area contributed by atoms with Gasteiger partial charge in [-0.15, -0.1) is 0 Å². The number of nitrogens with zero attached hydrogens (tertiary/aromatic N) is 2. The van der Waals surface area contributed by atoms with Crippen LogP contribution in [0.1, 0.15) is 38.8 Å². The first-order chi connectivity index (χ1) is 63.1. The molecule has 0 radical (unpaired) electrons. The molecule has 4 nitrogen and oxygen atoms in total. The third-order valence-electron chi connectivity index (χ3n) is 26.7. The van der Waals surface area contributed by atoms with Gasteiger partial charge in [0.2, 0.25) is 0 Å². The first-order valence-electron chi connectivity index (χ1n) is 44.4. The Kier molecular flexibility index (Phi) is 20.7. The molecular weight excluding hydrogens is 1700 g/mol. The molecule has 616 valence electrons. The van der Waals surface area contributed by atoms with Gasteiger partial charge >= 0.3 is 7.12 Å². The SMILES string of the molecule is CC1(C)OB(c2cccc(-c3c4ccccc4c(-c4ccccc4)c4ccccc34)c2)OC1(C)C.Cc1ccc(-n2c3ccc(-c4cccc(-c5c6ccccc6c(-c6ccccc6)c6ccccc56)c4)cc3c3cc(-c4cccc(-c5c6ccccc6c(-c6ccccc6)c6ccccc56)c4)ccc32)cc1.Cc1ccc(-n2c3ccc(Br)cc3c3cc(Br)ccc32)cc1. The fourth-order valence-corrected chi connectivity index (χ4v) is 20.6. The van der Waals surface area contributed by atoms with Crippen LogP contribution in [0.4, 0.5) is 0 Å². The van der Waals surface area contributed by atoms with Crippen molar-refractivity contribution in [2.45, 2.75) is 52.7 Å². The maximum Gasteiger partial charge on any atom is 0.494 e. The summed E-state index contributed by atoms with van der Waals surface area (Å²) in [5.74, 6) is 0. The van der Waals surface area contributed by atoms with E-state index in [2.05, 4.69) is 513 Å². The quantitative estimate of drug-likeness (QED) is 0.0954. The Balaban J connectivity index is 0.000000140. The van der Waals surface area contributed by atoms with E-state index in [1.165, 1.54) is 214 Å². The van der Waals surface area contributed by atoms with Crippen LogP contribution in [0.3, 0.4) is 0 Å². The summed E-state index contributed by atoms with van der Waals surface area (Å²) in [5, 5.41) is 20.0. The maximum atomic E-state index is 6.37. The van der Waals surface area contributed by atoms with Crippen LogP contribution in [0, 0.1) is 13.8 Å². The number of aryl methyl sites for hydroxylation is 2. The van der Waals surface area contributed by atoms with Crippen LogP contribution in [-0.2, 0) is 9.31 Å². The Morgan fingerprint density at radius 1 is 0.202 bits per heavy atom. The predicted molar refractivity (Wildman–Crippen MR) is 557 cm³/mol. The van der Waals surface area contributed by atoms with E-state index in [1.807, 2.05) is 0 Å². The number of rotatable bonds is 11. The highest BCUT2D eigenvalue weighted by Crippen LogP contribution is 2.50. The first kappa shape index (κ1) is 80.5. The highest BCUT2D eigenvalue weighted by atomic mass is 79.9. The fraction of sp³-hybridized carbons (Fsp3) is 0.0656. The van der Waals surface area contributed by atoms with Crippen LogP contribution in [0.15, 0.2) is 440 Å². The molecule has 0 spiro atoms. The lowest BCUT2D eigenvalue weighted by molar-refractivity contribution is 0.00578. The number of fused-ring (bicyclic) bond motifs is 12. The Labute approximate surface area is 769 Å². The molecule has 0 amide bonds. The molecule has 21 aromatic carbocycles. The van der Waals surface area contributed by atoms with Gasteiger partial charge in [0.25, 0.3) is 0 Å². The van der Waals surface area contributed by atoms with E-state index in [0.29, 0.717) is 0 Å². The van der Waals surface area contributed by atoms with Gasteiger partial charge in [-0.2, -0.15) is 0 Å². The van der Waals surface area contributed by atoms with E-state index >= 15 is 0 Å². The van der Waals surface area contributed by atoms with Gasteiger partial charge in [-0.1, -0.05) is 377 Å². The van der Waals surface area contributed by atoms with Crippen LogP contribution in [0.25, 0.3) is 209 Å². The zero-order valence-corrected chi connectivity index (χ0v) is 75.7. The lowest BCUT2D eigenvalue weighted by Crippen LogP contribution is -2.41. The number of benzene rings is 21. The molecule has 3 heterocycles. The molecule has 1 fully saturated rings. The van der Waals surface area contributed by atoms with Crippen LogP contribution in [0.2, 0.25) is 0 Å². The van der Waals surface area contributed by atoms with E-state index in [1.54, 1.807) is 0 Å². The lowest BCUT2D eigenvalue weighted by atomic mass is 9.77. The smallest absolute Gasteiger partial charge is 0.399 e. The van der Waals surface area contributed by atoms with Crippen molar-refractivity contribution in [3.8, 4) is 100 Å². The second kappa shape index (κ2) is 33.2. The standard InChI is InChI=1S/C71H47N.C32H29BO2.C19H13Br2N/c1-46-34-38-55(39-35-46)72-66-40-36-51(49-22-16-24-53(42-49)70-60-30-12-8-26-56(60)68(47-18-4-2-5-19-47)57-27-9-13-31-61(57)70)44-64(66)65-45-52(37-41-67(65)72)50-23-17-25-54(43-50)71-62-32-14-10-28-58(62)69(48-20-6-3-7-21-48)59-29-11-15-33-63(59)71;1-31(2)32(3,4)35-33(34-31)24-16-12-15-23(21-24)30-27-19-10-8-17-25(27)29(22-13-6-5-7-14-22)26-18-9-11-20-28(26)30;1-12-2-6-15(7-3-12)22-18-8-4-13(20)10-16(18)17-11-14(21)5-9-19(17)22/h2-45H,1H3;5-21H,1-4H3;2-11H,1H3. The van der Waals surface area contributed by atoms with Crippen LogP contribution >= 0.6 is 31.9 Å². The number of halogens is 2. The van der Waals surface area contributed by atoms with Crippen molar-refractivity contribution >= 4 is 153 Å². The summed E-state index contributed by atoms with van der Waals surface area (Å²) < 4.78 is 19.7. The maximum absolute atomic E-state index is 6.37. The molecule has 0 N–H and O–H groups in total. The molecule has 0 atom stereocenters. The van der Waals surface area contributed by atoms with Gasteiger partial charge in [0.1, 0.15) is 0 Å². The summed E-state index contributed by atoms with van der Waals surface area (Å²) in [7, 11) is -0.388. The zero-order valence-electron chi connectivity index (χ0n) is 72.5. The highest BCUT2D eigenvalue weighted by Gasteiger charge is 2.52. The minimum Gasteiger partial charge on any atom is -0.399 e. The van der Waals surface area contributed by atoms with Crippen molar-refractivity contribution in [1.82, 2.24) is 9.13 Å². The van der Waals surface area contributed by atoms with Crippen molar-refractivity contribution in [3.63, 3.8) is 0 Å². The Hall–Kier alpha value is -14.3. The normalized spacial score (nSPS) is 13.0. The average molecular weight is 1790 g/mol. The van der Waals surface area contributed by atoms with Crippen molar-refractivity contribution in [2.75, 3.05) is 0 Å². The van der Waals surface area contributed by atoms with Crippen LogP contribution in [0.5, 0.6) is 0 Å². The van der Waals surface area contributed by atoms with Crippen molar-refractivity contribution in [1.29, 1.82) is 0 Å². The molecule has 24 rings (SSSR count). The second-order valence-corrected chi connectivity index (χ2v) is 37.0. The second-order valence-electron chi connectivity index (χ2n) is 35.1. The minimum atomic E-state index is -0.388. The minimum absolute atomic E-state index is 0.371. The monoisotopic (exact) mass is 1780 g/mol. The third kappa shape index (κ3) is 14.5. The Bertz CT molecular complexity index is 7830. The van der Waals surface area contributed by atoms with Gasteiger partial charge in [-0.3, -0.25) is 0 Å². The largest absolute Gasteiger partial charge is 0.494 e. The van der Waals surface area contributed by atoms with Gasteiger partial charge in [0, 0.05) is 41.9 Å². The molecule has 129 heavy (non-hydrogen) atoms. The molecule has 1 aliphatic rings. The van der Waals surface area contributed by atoms with E-state index in [4.69, 9.17) is 9.31 Å². The molecular formula is C122H89BBr2N2O2. The Morgan fingerprint density at radius 3 is 0.736 bits per heavy atom. The molecule has 0 bridgehead atoms. The lowest BCUT2D eigenvalue weighted by Gasteiger charge is -2.32. The highest BCUT2D eigenvalue weighted by molar-refractivity contribution is 9.10. The summed E-state index contributed by atoms with van der Waals surface area (Å²) in [6.07, 6.45) is 0.